The number of hydrogen-bond acceptors (Lipinski definition) is 4. The summed E-state index contributed by atoms with van der Waals surface area (Å²) in [6, 6.07) is 15.4. The van der Waals surface area contributed by atoms with Crippen molar-refractivity contribution < 1.29 is 9.13 Å². The summed E-state index contributed by atoms with van der Waals surface area (Å²) in [4.78, 5) is 12.7. The Balaban J connectivity index is 1.49. The lowest BCUT2D eigenvalue weighted by Crippen LogP contribution is -2.37. The fraction of sp³-hybridized carbons (Fsp3) is 0.190. The van der Waals surface area contributed by atoms with Gasteiger partial charge in [0, 0.05) is 50.7 Å². The molecule has 1 aromatic carbocycles. The van der Waals surface area contributed by atoms with Gasteiger partial charge in [-0.2, -0.15) is 0 Å². The summed E-state index contributed by atoms with van der Waals surface area (Å²) in [7, 11) is 1.73. The van der Waals surface area contributed by atoms with E-state index in [0.717, 1.165) is 24.2 Å². The Hall–Kier alpha value is -3.48. The van der Waals surface area contributed by atoms with Gasteiger partial charge in [-0.1, -0.05) is 6.07 Å². The predicted molar refractivity (Wildman–Crippen MR) is 107 cm³/mol. The molecule has 2 heterocycles. The molecule has 0 atom stereocenters. The third-order valence-corrected chi connectivity index (χ3v) is 3.92. The van der Waals surface area contributed by atoms with Gasteiger partial charge in [0.15, 0.2) is 5.96 Å². The quantitative estimate of drug-likeness (QED) is 0.487. The van der Waals surface area contributed by atoms with Gasteiger partial charge < -0.3 is 15.4 Å². The summed E-state index contributed by atoms with van der Waals surface area (Å²) in [5, 5.41) is 6.52. The molecule has 3 rings (SSSR count). The summed E-state index contributed by atoms with van der Waals surface area (Å²) in [5.41, 5.74) is 2.02. The molecule has 28 heavy (non-hydrogen) atoms. The SMILES string of the molecule is CN=C(NCCc1ccccn1)NCc1ccnc(Oc2ccc(F)cc2)c1. The molecule has 0 aliphatic carbocycles. The number of ether oxygens (including phenoxy) is 1. The Morgan fingerprint density at radius 1 is 1.04 bits per heavy atom. The Labute approximate surface area is 163 Å². The minimum Gasteiger partial charge on any atom is -0.439 e. The van der Waals surface area contributed by atoms with Crippen LogP contribution < -0.4 is 15.4 Å². The number of guanidine groups is 1. The van der Waals surface area contributed by atoms with Gasteiger partial charge in [0.25, 0.3) is 0 Å². The Morgan fingerprint density at radius 2 is 1.89 bits per heavy atom. The molecule has 0 unspecified atom stereocenters. The second kappa shape index (κ2) is 10.0. The monoisotopic (exact) mass is 379 g/mol. The second-order valence-corrected chi connectivity index (χ2v) is 5.98. The average Bonchev–Trinajstić information content (AvgIpc) is 2.73. The fourth-order valence-corrected chi connectivity index (χ4v) is 2.50. The van der Waals surface area contributed by atoms with Gasteiger partial charge in [0.1, 0.15) is 11.6 Å². The number of aliphatic imine (C=N–C) groups is 1. The smallest absolute Gasteiger partial charge is 0.219 e. The van der Waals surface area contributed by atoms with Crippen LogP contribution in [-0.2, 0) is 13.0 Å². The average molecular weight is 379 g/mol. The van der Waals surface area contributed by atoms with Crippen LogP contribution in [0.25, 0.3) is 0 Å². The van der Waals surface area contributed by atoms with Crippen molar-refractivity contribution in [2.24, 2.45) is 4.99 Å². The Kier molecular flexibility index (Phi) is 6.89. The van der Waals surface area contributed by atoms with Crippen LogP contribution >= 0.6 is 0 Å². The maximum Gasteiger partial charge on any atom is 0.219 e. The first kappa shape index (κ1) is 19.3. The molecular formula is C21H22FN5O. The molecule has 0 fully saturated rings. The summed E-state index contributed by atoms with van der Waals surface area (Å²) in [6.45, 7) is 1.29. The zero-order valence-electron chi connectivity index (χ0n) is 15.6. The molecule has 0 spiro atoms. The maximum absolute atomic E-state index is 13.0. The van der Waals surface area contributed by atoms with Gasteiger partial charge in [0.2, 0.25) is 5.88 Å². The van der Waals surface area contributed by atoms with Crippen molar-refractivity contribution in [3.05, 3.63) is 84.1 Å². The van der Waals surface area contributed by atoms with E-state index in [1.807, 2.05) is 30.3 Å². The van der Waals surface area contributed by atoms with Crippen LogP contribution in [0.15, 0.2) is 72.0 Å². The van der Waals surface area contributed by atoms with E-state index in [0.29, 0.717) is 24.1 Å². The number of benzene rings is 1. The number of nitrogens with one attached hydrogen (secondary N) is 2. The number of nitrogens with zero attached hydrogens (tertiary/aromatic N) is 3. The Bertz CT molecular complexity index is 900. The number of pyridine rings is 2. The number of halogens is 1. The summed E-state index contributed by atoms with van der Waals surface area (Å²) >= 11 is 0. The van der Waals surface area contributed by atoms with E-state index in [1.165, 1.54) is 12.1 Å². The van der Waals surface area contributed by atoms with E-state index in [2.05, 4.69) is 25.6 Å². The van der Waals surface area contributed by atoms with Crippen LogP contribution in [0, 0.1) is 5.82 Å². The largest absolute Gasteiger partial charge is 0.439 e. The molecule has 7 heteroatoms. The van der Waals surface area contributed by atoms with Gasteiger partial charge in [0.05, 0.1) is 0 Å². The van der Waals surface area contributed by atoms with Crippen LogP contribution in [0.5, 0.6) is 11.6 Å². The van der Waals surface area contributed by atoms with Gasteiger partial charge in [-0.15, -0.1) is 0 Å². The van der Waals surface area contributed by atoms with Crippen LogP contribution in [0.1, 0.15) is 11.3 Å². The second-order valence-electron chi connectivity index (χ2n) is 5.98. The zero-order chi connectivity index (χ0) is 19.6. The first-order chi connectivity index (χ1) is 13.7. The topological polar surface area (TPSA) is 71.4 Å². The standard InChI is InChI=1S/C21H22FN5O/c1-23-21(26-13-10-18-4-2-3-11-24-18)27-15-16-9-12-25-20(14-16)28-19-7-5-17(22)6-8-19/h2-9,11-12,14H,10,13,15H2,1H3,(H2,23,26,27). The summed E-state index contributed by atoms with van der Waals surface area (Å²) < 4.78 is 18.6. The van der Waals surface area contributed by atoms with Gasteiger partial charge in [-0.25, -0.2) is 9.37 Å². The van der Waals surface area contributed by atoms with Crippen molar-refractivity contribution in [3.63, 3.8) is 0 Å². The predicted octanol–water partition coefficient (Wildman–Crippen LogP) is 3.32. The van der Waals surface area contributed by atoms with Crippen molar-refractivity contribution in [1.82, 2.24) is 20.6 Å². The highest BCUT2D eigenvalue weighted by Crippen LogP contribution is 2.20. The molecule has 6 nitrogen and oxygen atoms in total. The van der Waals surface area contributed by atoms with Crippen molar-refractivity contribution in [3.8, 4) is 11.6 Å². The normalized spacial score (nSPS) is 11.1. The third-order valence-electron chi connectivity index (χ3n) is 3.92. The van der Waals surface area contributed by atoms with E-state index in [4.69, 9.17) is 4.74 Å². The minimum atomic E-state index is -0.305. The molecule has 0 bridgehead atoms. The third kappa shape index (κ3) is 6.05. The van der Waals surface area contributed by atoms with Gasteiger partial charge in [-0.3, -0.25) is 9.98 Å². The number of hydrogen-bond donors (Lipinski definition) is 2. The molecule has 3 aromatic rings. The zero-order valence-corrected chi connectivity index (χ0v) is 15.6. The van der Waals surface area contributed by atoms with Crippen molar-refractivity contribution in [1.29, 1.82) is 0 Å². The molecule has 0 saturated heterocycles. The van der Waals surface area contributed by atoms with Crippen molar-refractivity contribution in [2.45, 2.75) is 13.0 Å². The van der Waals surface area contributed by atoms with Crippen molar-refractivity contribution in [2.75, 3.05) is 13.6 Å². The van der Waals surface area contributed by atoms with Crippen LogP contribution in [0.2, 0.25) is 0 Å². The van der Waals surface area contributed by atoms with Gasteiger partial charge in [-0.05, 0) is 48.0 Å². The fourth-order valence-electron chi connectivity index (χ4n) is 2.50. The molecule has 0 aliphatic heterocycles. The molecule has 2 N–H and O–H groups in total. The van der Waals surface area contributed by atoms with Crippen LogP contribution in [-0.4, -0.2) is 29.5 Å². The van der Waals surface area contributed by atoms with Gasteiger partial charge >= 0.3 is 0 Å². The van der Waals surface area contributed by atoms with Crippen LogP contribution in [0.4, 0.5) is 4.39 Å². The summed E-state index contributed by atoms with van der Waals surface area (Å²) in [5.74, 6) is 1.38. The van der Waals surface area contributed by atoms with Crippen LogP contribution in [0.3, 0.4) is 0 Å². The highest BCUT2D eigenvalue weighted by Gasteiger charge is 2.03. The highest BCUT2D eigenvalue weighted by atomic mass is 19.1. The first-order valence-corrected chi connectivity index (χ1v) is 8.96. The molecule has 0 saturated carbocycles. The molecule has 144 valence electrons. The molecular weight excluding hydrogens is 357 g/mol. The lowest BCUT2D eigenvalue weighted by atomic mass is 10.2. The minimum absolute atomic E-state index is 0.305. The van der Waals surface area contributed by atoms with E-state index in [-0.39, 0.29) is 5.82 Å². The lowest BCUT2D eigenvalue weighted by Gasteiger charge is -2.12. The van der Waals surface area contributed by atoms with E-state index in [9.17, 15) is 4.39 Å². The summed E-state index contributed by atoms with van der Waals surface area (Å²) in [6.07, 6.45) is 4.27. The van der Waals surface area contributed by atoms with Crippen molar-refractivity contribution >= 4 is 5.96 Å². The lowest BCUT2D eigenvalue weighted by molar-refractivity contribution is 0.460. The number of rotatable bonds is 7. The Morgan fingerprint density at radius 3 is 2.64 bits per heavy atom. The van der Waals surface area contributed by atoms with E-state index < -0.39 is 0 Å². The molecule has 2 aromatic heterocycles. The molecule has 0 amide bonds. The molecule has 0 aliphatic rings. The van der Waals surface area contributed by atoms with E-state index in [1.54, 1.807) is 31.6 Å². The number of aromatic nitrogens is 2. The van der Waals surface area contributed by atoms with E-state index >= 15 is 0 Å². The highest BCUT2D eigenvalue weighted by molar-refractivity contribution is 5.79. The molecule has 0 radical (unpaired) electrons. The maximum atomic E-state index is 13.0. The first-order valence-electron chi connectivity index (χ1n) is 8.96.